The number of aromatic amines is 1. The summed E-state index contributed by atoms with van der Waals surface area (Å²) in [5.74, 6) is 0.283. The number of nitro benzene ring substituents is 1. The zero-order valence-corrected chi connectivity index (χ0v) is 11.8. The molecule has 1 heterocycles. The molecule has 0 amide bonds. The van der Waals surface area contributed by atoms with Crippen LogP contribution in [0.15, 0.2) is 18.2 Å². The summed E-state index contributed by atoms with van der Waals surface area (Å²) in [5.41, 5.74) is 1.23. The average molecular weight is 292 g/mol. The van der Waals surface area contributed by atoms with Crippen LogP contribution in [-0.4, -0.2) is 41.1 Å². The number of rotatable bonds is 6. The first-order valence-corrected chi connectivity index (χ1v) is 6.52. The number of hydrogen-bond acceptors (Lipinski definition) is 6. The van der Waals surface area contributed by atoms with E-state index in [1.54, 1.807) is 24.9 Å². The molecule has 0 bridgehead atoms. The predicted octanol–water partition coefficient (Wildman–Crippen LogP) is 1.86. The van der Waals surface area contributed by atoms with E-state index in [1.807, 2.05) is 0 Å². The summed E-state index contributed by atoms with van der Waals surface area (Å²) >= 11 is 0. The molecule has 1 N–H and O–H groups in total. The summed E-state index contributed by atoms with van der Waals surface area (Å²) in [7, 11) is 1.78. The number of imidazole rings is 1. The lowest BCUT2D eigenvalue weighted by Gasteiger charge is -2.14. The molecular formula is C13H16N4O4. The van der Waals surface area contributed by atoms with E-state index >= 15 is 0 Å². The van der Waals surface area contributed by atoms with E-state index in [0.29, 0.717) is 30.1 Å². The van der Waals surface area contributed by atoms with Crippen molar-refractivity contribution in [3.05, 3.63) is 28.3 Å². The molecule has 8 heteroatoms. The number of benzene rings is 1. The Hall–Kier alpha value is -2.64. The molecule has 0 aliphatic rings. The molecule has 112 valence electrons. The Morgan fingerprint density at radius 3 is 2.95 bits per heavy atom. The maximum absolute atomic E-state index is 11.3. The third-order valence-electron chi connectivity index (χ3n) is 2.98. The molecule has 0 aliphatic heterocycles. The second-order valence-electron chi connectivity index (χ2n) is 4.50. The van der Waals surface area contributed by atoms with E-state index < -0.39 is 4.92 Å². The van der Waals surface area contributed by atoms with E-state index in [4.69, 9.17) is 4.74 Å². The molecule has 2 rings (SSSR count). The molecule has 0 spiro atoms. The van der Waals surface area contributed by atoms with Crippen LogP contribution in [-0.2, 0) is 9.53 Å². The van der Waals surface area contributed by atoms with Crippen LogP contribution >= 0.6 is 0 Å². The number of non-ortho nitro benzene ring substituents is 1. The highest BCUT2D eigenvalue weighted by Crippen LogP contribution is 2.21. The number of hydrogen-bond donors (Lipinski definition) is 1. The number of nitrogens with one attached hydrogen (secondary N) is 1. The second kappa shape index (κ2) is 6.21. The van der Waals surface area contributed by atoms with Crippen molar-refractivity contribution < 1.29 is 14.5 Å². The van der Waals surface area contributed by atoms with Gasteiger partial charge in [-0.15, -0.1) is 0 Å². The largest absolute Gasteiger partial charge is 0.466 e. The summed E-state index contributed by atoms with van der Waals surface area (Å²) in [5, 5.41) is 10.7. The molecule has 21 heavy (non-hydrogen) atoms. The van der Waals surface area contributed by atoms with Gasteiger partial charge < -0.3 is 14.6 Å². The Bertz CT molecular complexity index is 667. The zero-order valence-electron chi connectivity index (χ0n) is 11.8. The van der Waals surface area contributed by atoms with Crippen LogP contribution in [0.3, 0.4) is 0 Å². The SMILES string of the molecule is CCOC(=O)CCN(C)c1nc2ccc([N+](=O)[O-])cc2[nH]1. The minimum absolute atomic E-state index is 0.00637. The average Bonchev–Trinajstić information content (AvgIpc) is 2.87. The van der Waals surface area contributed by atoms with Gasteiger partial charge in [0.25, 0.3) is 5.69 Å². The van der Waals surface area contributed by atoms with Gasteiger partial charge in [0.05, 0.1) is 29.0 Å². The van der Waals surface area contributed by atoms with Gasteiger partial charge in [0, 0.05) is 25.7 Å². The molecule has 2 aromatic rings. The summed E-state index contributed by atoms with van der Waals surface area (Å²) in [6.07, 6.45) is 0.252. The van der Waals surface area contributed by atoms with Gasteiger partial charge >= 0.3 is 5.97 Å². The Morgan fingerprint density at radius 1 is 1.52 bits per heavy atom. The van der Waals surface area contributed by atoms with Crippen molar-refractivity contribution in [2.75, 3.05) is 25.1 Å². The lowest BCUT2D eigenvalue weighted by molar-refractivity contribution is -0.384. The van der Waals surface area contributed by atoms with E-state index in [1.165, 1.54) is 12.1 Å². The Morgan fingerprint density at radius 2 is 2.29 bits per heavy atom. The third kappa shape index (κ3) is 3.47. The van der Waals surface area contributed by atoms with Crippen molar-refractivity contribution in [1.82, 2.24) is 9.97 Å². The fourth-order valence-electron chi connectivity index (χ4n) is 1.88. The van der Waals surface area contributed by atoms with Crippen molar-refractivity contribution in [1.29, 1.82) is 0 Å². The van der Waals surface area contributed by atoms with Crippen molar-refractivity contribution in [2.24, 2.45) is 0 Å². The van der Waals surface area contributed by atoms with Gasteiger partial charge in [-0.3, -0.25) is 14.9 Å². The van der Waals surface area contributed by atoms with Crippen LogP contribution in [0.5, 0.6) is 0 Å². The van der Waals surface area contributed by atoms with Gasteiger partial charge in [-0.25, -0.2) is 4.98 Å². The predicted molar refractivity (Wildman–Crippen MR) is 77.3 cm³/mol. The van der Waals surface area contributed by atoms with Gasteiger partial charge in [0.2, 0.25) is 5.95 Å². The highest BCUT2D eigenvalue weighted by molar-refractivity contribution is 5.80. The normalized spacial score (nSPS) is 10.6. The van der Waals surface area contributed by atoms with Crippen molar-refractivity contribution in [3.8, 4) is 0 Å². The van der Waals surface area contributed by atoms with E-state index in [-0.39, 0.29) is 18.1 Å². The highest BCUT2D eigenvalue weighted by atomic mass is 16.6. The van der Waals surface area contributed by atoms with Crippen molar-refractivity contribution in [3.63, 3.8) is 0 Å². The van der Waals surface area contributed by atoms with Gasteiger partial charge in [-0.2, -0.15) is 0 Å². The Balaban J connectivity index is 2.11. The molecular weight excluding hydrogens is 276 g/mol. The molecule has 1 aromatic carbocycles. The number of esters is 1. The van der Waals surface area contributed by atoms with Gasteiger partial charge in [0.15, 0.2) is 0 Å². The molecule has 0 fully saturated rings. The van der Waals surface area contributed by atoms with E-state index in [0.717, 1.165) is 0 Å². The minimum Gasteiger partial charge on any atom is -0.466 e. The Kier molecular flexibility index (Phi) is 4.36. The minimum atomic E-state index is -0.454. The van der Waals surface area contributed by atoms with Gasteiger partial charge in [0.1, 0.15) is 0 Å². The number of fused-ring (bicyclic) bond motifs is 1. The summed E-state index contributed by atoms with van der Waals surface area (Å²) in [6, 6.07) is 4.43. The van der Waals surface area contributed by atoms with Crippen molar-refractivity contribution >= 4 is 28.6 Å². The fourth-order valence-corrected chi connectivity index (χ4v) is 1.88. The number of carbonyl (C=O) groups excluding carboxylic acids is 1. The maximum atomic E-state index is 11.3. The number of anilines is 1. The first kappa shape index (κ1) is 14.8. The number of nitro groups is 1. The number of nitrogens with zero attached hydrogens (tertiary/aromatic N) is 3. The fraction of sp³-hybridized carbons (Fsp3) is 0.385. The molecule has 0 radical (unpaired) electrons. The monoisotopic (exact) mass is 292 g/mol. The van der Waals surface area contributed by atoms with Crippen LogP contribution in [0.25, 0.3) is 11.0 Å². The first-order chi connectivity index (χ1) is 10.0. The van der Waals surface area contributed by atoms with Crippen LogP contribution in [0.2, 0.25) is 0 Å². The molecule has 1 aromatic heterocycles. The summed E-state index contributed by atoms with van der Waals surface area (Å²) in [4.78, 5) is 30.7. The van der Waals surface area contributed by atoms with Crippen LogP contribution in [0.4, 0.5) is 11.6 Å². The first-order valence-electron chi connectivity index (χ1n) is 6.52. The smallest absolute Gasteiger partial charge is 0.307 e. The standard InChI is InChI=1S/C13H16N4O4/c1-3-21-12(18)6-7-16(2)13-14-10-5-4-9(17(19)20)8-11(10)15-13/h4-5,8H,3,6-7H2,1-2H3,(H,14,15). The lowest BCUT2D eigenvalue weighted by Crippen LogP contribution is -2.22. The summed E-state index contributed by atoms with van der Waals surface area (Å²) in [6.45, 7) is 2.56. The molecule has 0 saturated heterocycles. The Labute approximate surface area is 120 Å². The highest BCUT2D eigenvalue weighted by Gasteiger charge is 2.12. The molecule has 8 nitrogen and oxygen atoms in total. The van der Waals surface area contributed by atoms with Crippen LogP contribution < -0.4 is 4.90 Å². The summed E-state index contributed by atoms with van der Waals surface area (Å²) < 4.78 is 4.86. The van der Waals surface area contributed by atoms with E-state index in [9.17, 15) is 14.9 Å². The van der Waals surface area contributed by atoms with Gasteiger partial charge in [-0.1, -0.05) is 0 Å². The molecule has 0 unspecified atom stereocenters. The topological polar surface area (TPSA) is 101 Å². The zero-order chi connectivity index (χ0) is 15.4. The lowest BCUT2D eigenvalue weighted by atomic mass is 10.3. The number of carbonyl (C=O) groups is 1. The number of aromatic nitrogens is 2. The quantitative estimate of drug-likeness (QED) is 0.495. The number of H-pyrrole nitrogens is 1. The third-order valence-corrected chi connectivity index (χ3v) is 2.98. The van der Waals surface area contributed by atoms with Crippen molar-refractivity contribution in [2.45, 2.75) is 13.3 Å². The van der Waals surface area contributed by atoms with Crippen LogP contribution in [0.1, 0.15) is 13.3 Å². The molecule has 0 atom stereocenters. The number of ether oxygens (including phenoxy) is 1. The maximum Gasteiger partial charge on any atom is 0.307 e. The van der Waals surface area contributed by atoms with Gasteiger partial charge in [-0.05, 0) is 13.0 Å². The van der Waals surface area contributed by atoms with Crippen LogP contribution in [0, 0.1) is 10.1 Å². The van der Waals surface area contributed by atoms with E-state index in [2.05, 4.69) is 9.97 Å². The second-order valence-corrected chi connectivity index (χ2v) is 4.50. The molecule has 0 aliphatic carbocycles. The molecule has 0 saturated carbocycles.